The normalized spacial score (nSPS) is 12.8. The SMILES string of the molecule is CCc1ccc(C(C(=O)Nc2ccc3ccccc3c2)N(CC)C(=O)C(CCSC)NC(=O)OC(C)(C)C)cc1. The molecule has 0 saturated heterocycles. The summed E-state index contributed by atoms with van der Waals surface area (Å²) in [6, 6.07) is 19.7. The first-order chi connectivity index (χ1) is 19.1. The molecule has 2 atom stereocenters. The van der Waals surface area contributed by atoms with Crippen LogP contribution in [0.25, 0.3) is 10.8 Å². The third kappa shape index (κ3) is 8.49. The molecule has 3 aromatic carbocycles. The lowest BCUT2D eigenvalue weighted by Gasteiger charge is -2.34. The Morgan fingerprint density at radius 2 is 1.62 bits per heavy atom. The van der Waals surface area contributed by atoms with Gasteiger partial charge in [0.25, 0.3) is 5.91 Å². The Labute approximate surface area is 242 Å². The van der Waals surface area contributed by atoms with Gasteiger partial charge in [0.05, 0.1) is 0 Å². The molecule has 2 N–H and O–H groups in total. The number of nitrogens with one attached hydrogen (secondary N) is 2. The molecule has 0 aliphatic carbocycles. The molecule has 3 rings (SSSR count). The number of rotatable bonds is 11. The van der Waals surface area contributed by atoms with E-state index in [0.717, 1.165) is 22.8 Å². The van der Waals surface area contributed by atoms with Crippen LogP contribution in [-0.2, 0) is 20.7 Å². The van der Waals surface area contributed by atoms with Crippen LogP contribution in [0, 0.1) is 0 Å². The van der Waals surface area contributed by atoms with Crippen LogP contribution in [0.5, 0.6) is 0 Å². The van der Waals surface area contributed by atoms with Crippen LogP contribution in [0.3, 0.4) is 0 Å². The summed E-state index contributed by atoms with van der Waals surface area (Å²) in [6.07, 6.45) is 2.55. The van der Waals surface area contributed by atoms with E-state index in [-0.39, 0.29) is 18.4 Å². The number of carbonyl (C=O) groups is 3. The maximum atomic E-state index is 14.0. The molecular weight excluding hydrogens is 522 g/mol. The smallest absolute Gasteiger partial charge is 0.408 e. The van der Waals surface area contributed by atoms with Gasteiger partial charge in [-0.2, -0.15) is 11.8 Å². The molecule has 0 aliphatic heterocycles. The van der Waals surface area contributed by atoms with E-state index in [4.69, 9.17) is 4.74 Å². The van der Waals surface area contributed by atoms with Gasteiger partial charge in [0.2, 0.25) is 5.91 Å². The Kier molecular flexibility index (Phi) is 11.0. The second kappa shape index (κ2) is 14.2. The zero-order valence-electron chi connectivity index (χ0n) is 24.3. The predicted molar refractivity (Wildman–Crippen MR) is 165 cm³/mol. The molecular formula is C32H41N3O4S. The van der Waals surface area contributed by atoms with Gasteiger partial charge in [-0.15, -0.1) is 0 Å². The Balaban J connectivity index is 1.96. The number of fused-ring (bicyclic) bond motifs is 1. The lowest BCUT2D eigenvalue weighted by molar-refractivity contribution is -0.140. The van der Waals surface area contributed by atoms with Crippen LogP contribution in [0.4, 0.5) is 10.5 Å². The number of benzene rings is 3. The number of amides is 3. The van der Waals surface area contributed by atoms with Crippen molar-refractivity contribution in [2.24, 2.45) is 0 Å². The summed E-state index contributed by atoms with van der Waals surface area (Å²) in [7, 11) is 0. The van der Waals surface area contributed by atoms with Crippen LogP contribution in [0.1, 0.15) is 58.2 Å². The number of aryl methyl sites for hydroxylation is 1. The van der Waals surface area contributed by atoms with Gasteiger partial charge in [-0.25, -0.2) is 4.79 Å². The first-order valence-electron chi connectivity index (χ1n) is 13.7. The Hall–Kier alpha value is -3.52. The first kappa shape index (κ1) is 31.0. The maximum absolute atomic E-state index is 14.0. The minimum Gasteiger partial charge on any atom is -0.444 e. The molecule has 0 aliphatic rings. The van der Waals surface area contributed by atoms with Crippen molar-refractivity contribution in [3.63, 3.8) is 0 Å². The number of carbonyl (C=O) groups excluding carboxylic acids is 3. The highest BCUT2D eigenvalue weighted by atomic mass is 32.2. The zero-order valence-corrected chi connectivity index (χ0v) is 25.1. The molecule has 0 heterocycles. The number of nitrogens with zero attached hydrogens (tertiary/aromatic N) is 1. The lowest BCUT2D eigenvalue weighted by Crippen LogP contribution is -2.52. The van der Waals surface area contributed by atoms with Crippen molar-refractivity contribution in [2.45, 2.75) is 65.1 Å². The molecule has 0 saturated carbocycles. The van der Waals surface area contributed by atoms with Gasteiger partial charge in [-0.05, 0) is 86.6 Å². The van der Waals surface area contributed by atoms with Crippen molar-refractivity contribution in [3.05, 3.63) is 77.9 Å². The summed E-state index contributed by atoms with van der Waals surface area (Å²) in [4.78, 5) is 42.1. The zero-order chi connectivity index (χ0) is 29.3. The largest absolute Gasteiger partial charge is 0.444 e. The highest BCUT2D eigenvalue weighted by Gasteiger charge is 2.35. The number of likely N-dealkylation sites (N-methyl/N-ethyl adjacent to an activating group) is 1. The second-order valence-corrected chi connectivity index (χ2v) is 11.6. The maximum Gasteiger partial charge on any atom is 0.408 e. The molecule has 3 amide bonds. The van der Waals surface area contributed by atoms with Crippen molar-refractivity contribution >= 4 is 46.1 Å². The number of hydrogen-bond donors (Lipinski definition) is 2. The van der Waals surface area contributed by atoms with Gasteiger partial charge in [0.1, 0.15) is 17.7 Å². The molecule has 3 aromatic rings. The molecule has 0 bridgehead atoms. The van der Waals surface area contributed by atoms with E-state index in [1.54, 1.807) is 37.4 Å². The molecule has 0 radical (unpaired) electrons. The summed E-state index contributed by atoms with van der Waals surface area (Å²) >= 11 is 1.58. The van der Waals surface area contributed by atoms with Gasteiger partial charge in [0, 0.05) is 12.2 Å². The quantitative estimate of drug-likeness (QED) is 0.275. The molecule has 8 heteroatoms. The van der Waals surface area contributed by atoms with Crippen LogP contribution in [0.15, 0.2) is 66.7 Å². The van der Waals surface area contributed by atoms with Crippen LogP contribution in [-0.4, -0.2) is 53.0 Å². The van der Waals surface area contributed by atoms with Crippen LogP contribution >= 0.6 is 11.8 Å². The predicted octanol–water partition coefficient (Wildman–Crippen LogP) is 6.58. The van der Waals surface area contributed by atoms with Gasteiger partial charge >= 0.3 is 6.09 Å². The van der Waals surface area contributed by atoms with Crippen molar-refractivity contribution in [2.75, 3.05) is 23.9 Å². The highest BCUT2D eigenvalue weighted by Crippen LogP contribution is 2.27. The minimum absolute atomic E-state index is 0.274. The number of thioether (sulfide) groups is 1. The number of alkyl carbamates (subject to hydrolysis) is 1. The van der Waals surface area contributed by atoms with Gasteiger partial charge in [-0.1, -0.05) is 61.5 Å². The summed E-state index contributed by atoms with van der Waals surface area (Å²) in [5, 5.41) is 7.87. The van der Waals surface area contributed by atoms with E-state index in [1.807, 2.05) is 79.9 Å². The van der Waals surface area contributed by atoms with E-state index in [0.29, 0.717) is 23.4 Å². The van der Waals surface area contributed by atoms with Crippen molar-refractivity contribution in [1.29, 1.82) is 0 Å². The molecule has 0 spiro atoms. The summed E-state index contributed by atoms with van der Waals surface area (Å²) in [5.41, 5.74) is 1.78. The van der Waals surface area contributed by atoms with Crippen molar-refractivity contribution < 1.29 is 19.1 Å². The topological polar surface area (TPSA) is 87.7 Å². The third-order valence-corrected chi connectivity index (χ3v) is 7.15. The number of hydrogen-bond acceptors (Lipinski definition) is 5. The molecule has 7 nitrogen and oxygen atoms in total. The molecule has 0 aromatic heterocycles. The molecule has 2 unspecified atom stereocenters. The lowest BCUT2D eigenvalue weighted by atomic mass is 10.00. The van der Waals surface area contributed by atoms with E-state index in [9.17, 15) is 14.4 Å². The summed E-state index contributed by atoms with van der Waals surface area (Å²) in [5.74, 6) is -0.000584. The molecule has 0 fully saturated rings. The fourth-order valence-electron chi connectivity index (χ4n) is 4.49. The van der Waals surface area contributed by atoms with E-state index in [2.05, 4.69) is 17.6 Å². The number of anilines is 1. The minimum atomic E-state index is -0.896. The third-order valence-electron chi connectivity index (χ3n) is 6.50. The van der Waals surface area contributed by atoms with Gasteiger partial charge < -0.3 is 20.3 Å². The fourth-order valence-corrected chi connectivity index (χ4v) is 4.97. The summed E-state index contributed by atoms with van der Waals surface area (Å²) in [6.45, 7) is 9.51. The fraction of sp³-hybridized carbons (Fsp3) is 0.406. The average molecular weight is 564 g/mol. The van der Waals surface area contributed by atoms with Gasteiger partial charge in [-0.3, -0.25) is 9.59 Å². The van der Waals surface area contributed by atoms with E-state index < -0.39 is 23.8 Å². The van der Waals surface area contributed by atoms with E-state index in [1.165, 1.54) is 0 Å². The standard InChI is InChI=1S/C32H41N3O4S/c1-7-22-13-15-24(16-14-22)28(29(36)33-26-18-17-23-11-9-10-12-25(23)21-26)35(8-2)30(37)27(19-20-40-6)34-31(38)39-32(3,4)5/h9-18,21,27-28H,7-8,19-20H2,1-6H3,(H,33,36)(H,34,38). The second-order valence-electron chi connectivity index (χ2n) is 10.7. The van der Waals surface area contributed by atoms with Gasteiger partial charge in [0.15, 0.2) is 0 Å². The highest BCUT2D eigenvalue weighted by molar-refractivity contribution is 7.98. The van der Waals surface area contributed by atoms with E-state index >= 15 is 0 Å². The summed E-state index contributed by atoms with van der Waals surface area (Å²) < 4.78 is 5.44. The Morgan fingerprint density at radius 3 is 2.23 bits per heavy atom. The van der Waals surface area contributed by atoms with Crippen LogP contribution < -0.4 is 10.6 Å². The average Bonchev–Trinajstić information content (AvgIpc) is 2.92. The number of ether oxygens (including phenoxy) is 1. The Morgan fingerprint density at radius 1 is 0.950 bits per heavy atom. The Bertz CT molecular complexity index is 1300. The van der Waals surface area contributed by atoms with Crippen molar-refractivity contribution in [3.8, 4) is 0 Å². The molecule has 214 valence electrons. The van der Waals surface area contributed by atoms with Crippen LogP contribution in [0.2, 0.25) is 0 Å². The monoisotopic (exact) mass is 563 g/mol. The van der Waals surface area contributed by atoms with Crippen molar-refractivity contribution in [1.82, 2.24) is 10.2 Å². The first-order valence-corrected chi connectivity index (χ1v) is 15.1. The molecule has 40 heavy (non-hydrogen) atoms.